The molecule has 0 aromatic rings. The molecule has 0 aliphatic heterocycles. The Morgan fingerprint density at radius 1 is 0.488 bits per heavy atom. The zero-order valence-electron chi connectivity index (χ0n) is 26.7. The molecule has 228 valence electrons. The highest BCUT2D eigenvalue weighted by Gasteiger charge is 2.66. The van der Waals surface area contributed by atoms with Gasteiger partial charge in [0.25, 0.3) is 0 Å². The maximum Gasteiger partial charge on any atom is 0.162 e. The summed E-state index contributed by atoms with van der Waals surface area (Å²) in [6.07, 6.45) is 22.1. The van der Waals surface area contributed by atoms with Gasteiger partial charge in [0, 0.05) is 23.7 Å². The summed E-state index contributed by atoms with van der Waals surface area (Å²) >= 11 is 0. The van der Waals surface area contributed by atoms with Crippen molar-refractivity contribution in [1.29, 1.82) is 0 Å². The molecule has 14 atom stereocenters. The van der Waals surface area contributed by atoms with E-state index in [1.165, 1.54) is 89.9 Å². The van der Waals surface area contributed by atoms with Crippen molar-refractivity contribution in [1.82, 2.24) is 0 Å². The molecular weight excluding hydrogens is 504 g/mol. The summed E-state index contributed by atoms with van der Waals surface area (Å²) in [5, 5.41) is 0. The summed E-state index contributed by atoms with van der Waals surface area (Å²) < 4.78 is 7.07. The first-order valence-electron chi connectivity index (χ1n) is 18.3. The smallest absolute Gasteiger partial charge is 0.162 e. The van der Waals surface area contributed by atoms with E-state index < -0.39 is 0 Å². The summed E-state index contributed by atoms with van der Waals surface area (Å²) in [7, 11) is 0. The minimum absolute atomic E-state index is 0.0876. The normalized spacial score (nSPS) is 58.0. The van der Waals surface area contributed by atoms with Crippen molar-refractivity contribution >= 4 is 11.6 Å². The van der Waals surface area contributed by atoms with Crippen LogP contribution in [-0.2, 0) is 14.3 Å². The number of hydrogen-bond acceptors (Lipinski definition) is 3. The molecule has 8 fully saturated rings. The maximum absolute atomic E-state index is 13.9. The van der Waals surface area contributed by atoms with Gasteiger partial charge in [0.2, 0.25) is 0 Å². The average Bonchev–Trinajstić information content (AvgIpc) is 3.36. The molecule has 8 saturated carbocycles. The summed E-state index contributed by atoms with van der Waals surface area (Å²) in [5.41, 5.74) is 0.795. The minimum Gasteiger partial charge on any atom is -0.358 e. The monoisotopic (exact) mass is 562 g/mol. The van der Waals surface area contributed by atoms with E-state index in [4.69, 9.17) is 4.74 Å². The topological polar surface area (TPSA) is 43.4 Å². The molecule has 0 spiro atoms. The van der Waals surface area contributed by atoms with Gasteiger partial charge in [-0.25, -0.2) is 0 Å². The number of ketones is 2. The van der Waals surface area contributed by atoms with Crippen molar-refractivity contribution in [2.24, 2.45) is 69.0 Å². The van der Waals surface area contributed by atoms with Crippen LogP contribution in [0.5, 0.6) is 0 Å². The van der Waals surface area contributed by atoms with Gasteiger partial charge >= 0.3 is 0 Å². The Kier molecular flexibility index (Phi) is 6.38. The van der Waals surface area contributed by atoms with Crippen molar-refractivity contribution in [2.45, 2.75) is 155 Å². The van der Waals surface area contributed by atoms with Crippen LogP contribution in [0, 0.1) is 69.0 Å². The van der Waals surface area contributed by atoms with Crippen LogP contribution >= 0.6 is 0 Å². The Balaban J connectivity index is 1.03. The predicted octanol–water partition coefficient (Wildman–Crippen LogP) is 8.96. The zero-order valence-corrected chi connectivity index (χ0v) is 26.7. The van der Waals surface area contributed by atoms with E-state index in [1.54, 1.807) is 0 Å². The SMILES string of the molecule is C[C@]12CCCC[C@@H]1CC[C@@H]1[C@@H]2CC[C@]2(C)[C@@H](O[C@H]3C(=O)C[C@H]4[C@@H]5CC[C@H]6CCCC[C@]6(C)[C@H]5CC[C@]34C)C(=O)C[C@@H]12. The fourth-order valence-electron chi connectivity index (χ4n) is 14.7. The molecule has 0 unspecified atom stereocenters. The van der Waals surface area contributed by atoms with Gasteiger partial charge in [0.15, 0.2) is 11.6 Å². The van der Waals surface area contributed by atoms with Crippen LogP contribution in [0.15, 0.2) is 0 Å². The molecular formula is C38H58O3. The van der Waals surface area contributed by atoms with Crippen molar-refractivity contribution in [3.63, 3.8) is 0 Å². The van der Waals surface area contributed by atoms with E-state index in [0.29, 0.717) is 58.9 Å². The third-order valence-corrected chi connectivity index (χ3v) is 16.9. The molecule has 0 aromatic carbocycles. The van der Waals surface area contributed by atoms with E-state index >= 15 is 0 Å². The van der Waals surface area contributed by atoms with Gasteiger partial charge in [-0.2, -0.15) is 0 Å². The molecule has 3 nitrogen and oxygen atoms in total. The Morgan fingerprint density at radius 2 is 0.927 bits per heavy atom. The number of hydrogen-bond donors (Lipinski definition) is 0. The summed E-state index contributed by atoms with van der Waals surface area (Å²) in [6.45, 7) is 10.0. The number of rotatable bonds is 2. The largest absolute Gasteiger partial charge is 0.358 e. The van der Waals surface area contributed by atoms with Crippen molar-refractivity contribution in [3.8, 4) is 0 Å². The summed E-state index contributed by atoms with van der Waals surface area (Å²) in [4.78, 5) is 27.9. The molecule has 41 heavy (non-hydrogen) atoms. The third-order valence-electron chi connectivity index (χ3n) is 16.9. The van der Waals surface area contributed by atoms with E-state index in [-0.39, 0.29) is 23.0 Å². The van der Waals surface area contributed by atoms with Crippen LogP contribution in [-0.4, -0.2) is 23.8 Å². The first kappa shape index (κ1) is 27.8. The van der Waals surface area contributed by atoms with Gasteiger partial charge in [0.1, 0.15) is 12.2 Å². The fraction of sp³-hybridized carbons (Fsp3) is 0.947. The van der Waals surface area contributed by atoms with Crippen LogP contribution in [0.2, 0.25) is 0 Å². The van der Waals surface area contributed by atoms with Gasteiger partial charge in [-0.05, 0) is 135 Å². The van der Waals surface area contributed by atoms with Gasteiger partial charge in [-0.15, -0.1) is 0 Å². The van der Waals surface area contributed by atoms with Gasteiger partial charge in [0.05, 0.1) is 0 Å². The van der Waals surface area contributed by atoms with Crippen LogP contribution in [0.3, 0.4) is 0 Å². The van der Waals surface area contributed by atoms with E-state index in [1.807, 2.05) is 0 Å². The molecule has 0 saturated heterocycles. The lowest BCUT2D eigenvalue weighted by atomic mass is 9.45. The Hall–Kier alpha value is -0.700. The van der Waals surface area contributed by atoms with Crippen LogP contribution in [0.1, 0.15) is 143 Å². The highest BCUT2D eigenvalue weighted by Crippen LogP contribution is 2.69. The van der Waals surface area contributed by atoms with Crippen LogP contribution in [0.4, 0.5) is 0 Å². The summed E-state index contributed by atoms with van der Waals surface area (Å²) in [5.74, 6) is 6.30. The van der Waals surface area contributed by atoms with Crippen molar-refractivity contribution < 1.29 is 14.3 Å². The second-order valence-electron chi connectivity index (χ2n) is 18.1. The Morgan fingerprint density at radius 3 is 1.37 bits per heavy atom. The maximum atomic E-state index is 13.9. The number of ether oxygens (including phenoxy) is 1. The predicted molar refractivity (Wildman–Crippen MR) is 162 cm³/mol. The first-order valence-corrected chi connectivity index (χ1v) is 18.3. The highest BCUT2D eigenvalue weighted by atomic mass is 16.5. The fourth-order valence-corrected chi connectivity index (χ4v) is 14.7. The van der Waals surface area contributed by atoms with Crippen LogP contribution in [0.25, 0.3) is 0 Å². The Bertz CT molecular complexity index is 1010. The molecule has 3 heteroatoms. The quantitative estimate of drug-likeness (QED) is 0.337. The van der Waals surface area contributed by atoms with Gasteiger partial charge in [-0.1, -0.05) is 53.4 Å². The molecule has 0 radical (unpaired) electrons. The van der Waals surface area contributed by atoms with Gasteiger partial charge in [-0.3, -0.25) is 9.59 Å². The lowest BCUT2D eigenvalue weighted by Gasteiger charge is -2.61. The highest BCUT2D eigenvalue weighted by molar-refractivity contribution is 5.90. The molecule has 0 N–H and O–H groups in total. The minimum atomic E-state index is -0.362. The number of fused-ring (bicyclic) bond motifs is 10. The lowest BCUT2D eigenvalue weighted by Crippen LogP contribution is -2.56. The average molecular weight is 563 g/mol. The second kappa shape index (κ2) is 9.40. The standard InChI is InChI=1S/C38H58O3/c1-35-17-7-5-9-23(35)11-13-25-27(35)15-19-37(3)29(25)21-31(39)33(37)41-34-32(40)22-30-26-14-12-24-10-6-8-18-36(24,2)28(26)16-20-38(30,34)4/h23-30,33-34H,5-22H2,1-4H3/t23-,24-,25-,26-,27+,28+,29+,30+,33+,34+,35+,36+,37+,38+/m1/s1. The van der Waals surface area contributed by atoms with Crippen molar-refractivity contribution in [3.05, 3.63) is 0 Å². The first-order chi connectivity index (χ1) is 19.6. The molecule has 0 heterocycles. The zero-order chi connectivity index (χ0) is 28.4. The lowest BCUT2D eigenvalue weighted by molar-refractivity contribution is -0.178. The van der Waals surface area contributed by atoms with Crippen LogP contribution < -0.4 is 0 Å². The molecule has 0 amide bonds. The number of carbonyl (C=O) groups excluding carboxylic acids is 2. The van der Waals surface area contributed by atoms with E-state index in [2.05, 4.69) is 27.7 Å². The molecule has 8 rings (SSSR count). The van der Waals surface area contributed by atoms with E-state index in [9.17, 15) is 9.59 Å². The molecule has 0 aromatic heterocycles. The van der Waals surface area contributed by atoms with Gasteiger partial charge < -0.3 is 4.74 Å². The molecule has 8 aliphatic carbocycles. The molecule has 8 aliphatic rings. The van der Waals surface area contributed by atoms with E-state index in [0.717, 1.165) is 36.5 Å². The molecule has 0 bridgehead atoms. The summed E-state index contributed by atoms with van der Waals surface area (Å²) in [6, 6.07) is 0. The third kappa shape index (κ3) is 3.72. The second-order valence-corrected chi connectivity index (χ2v) is 18.1. The number of carbonyl (C=O) groups is 2. The Labute approximate surface area is 250 Å². The van der Waals surface area contributed by atoms with Crippen molar-refractivity contribution in [2.75, 3.05) is 0 Å². The number of Topliss-reactive ketones (excluding diaryl/α,β-unsaturated/α-hetero) is 2.